The molecule has 32 heavy (non-hydrogen) atoms. The highest BCUT2D eigenvalue weighted by atomic mass is 16.5. The van der Waals surface area contributed by atoms with Crippen LogP contribution in [0.1, 0.15) is 94.1 Å². The first-order valence-corrected chi connectivity index (χ1v) is 12.6. The van der Waals surface area contributed by atoms with Crippen molar-refractivity contribution in [2.24, 2.45) is 0 Å². The highest BCUT2D eigenvalue weighted by Gasteiger charge is 2.50. The van der Waals surface area contributed by atoms with Gasteiger partial charge in [0.1, 0.15) is 0 Å². The van der Waals surface area contributed by atoms with E-state index in [1.807, 2.05) is 28.8 Å². The van der Waals surface area contributed by atoms with Gasteiger partial charge in [-0.15, -0.1) is 0 Å². The molecule has 172 valence electrons. The number of carbonyl (C=O) groups excluding carboxylic acids is 1. The molecule has 1 aliphatic carbocycles. The molecule has 0 radical (unpaired) electrons. The summed E-state index contributed by atoms with van der Waals surface area (Å²) in [5, 5.41) is 0. The highest BCUT2D eigenvalue weighted by Crippen LogP contribution is 2.47. The molecule has 3 atom stereocenters. The number of hydrogen-bond acceptors (Lipinski definition) is 5. The number of carbonyl (C=O) groups is 1. The van der Waals surface area contributed by atoms with Gasteiger partial charge in [-0.1, -0.05) is 50.7 Å². The topological polar surface area (TPSA) is 64.4 Å². The first kappa shape index (κ1) is 21.6. The fourth-order valence-electron chi connectivity index (χ4n) is 6.57. The highest BCUT2D eigenvalue weighted by molar-refractivity contribution is 5.89. The molecule has 2 saturated heterocycles. The Kier molecular flexibility index (Phi) is 6.31. The van der Waals surface area contributed by atoms with Crippen LogP contribution in [0.15, 0.2) is 29.1 Å². The Morgan fingerprint density at radius 3 is 2.44 bits per heavy atom. The van der Waals surface area contributed by atoms with Gasteiger partial charge < -0.3 is 4.74 Å². The van der Waals surface area contributed by atoms with E-state index in [0.29, 0.717) is 23.6 Å². The van der Waals surface area contributed by atoms with Crippen LogP contribution in [0.5, 0.6) is 0 Å². The lowest BCUT2D eigenvalue weighted by atomic mass is 9.95. The van der Waals surface area contributed by atoms with Crippen LogP contribution in [0.2, 0.25) is 0 Å². The smallest absolute Gasteiger partial charge is 0.362 e. The van der Waals surface area contributed by atoms with Crippen molar-refractivity contribution >= 4 is 17.0 Å². The first-order chi connectivity index (χ1) is 15.7. The maximum Gasteiger partial charge on any atom is 0.362 e. The van der Waals surface area contributed by atoms with Gasteiger partial charge in [0.25, 0.3) is 5.56 Å². The molecule has 5 rings (SSSR count). The number of fused-ring (bicyclic) bond motifs is 3. The molecule has 2 aliphatic heterocycles. The molecule has 2 bridgehead atoms. The zero-order valence-electron chi connectivity index (χ0n) is 19.2. The molecule has 3 aliphatic rings. The van der Waals surface area contributed by atoms with Crippen molar-refractivity contribution in [2.75, 3.05) is 6.61 Å². The third-order valence-electron chi connectivity index (χ3n) is 7.90. The van der Waals surface area contributed by atoms with E-state index in [1.165, 1.54) is 57.8 Å². The van der Waals surface area contributed by atoms with E-state index in [2.05, 4.69) is 9.88 Å². The molecule has 0 N–H and O–H groups in total. The van der Waals surface area contributed by atoms with Crippen LogP contribution >= 0.6 is 0 Å². The normalized spacial score (nSPS) is 27.2. The molecule has 1 aromatic carbocycles. The summed E-state index contributed by atoms with van der Waals surface area (Å²) in [6, 6.07) is 9.34. The van der Waals surface area contributed by atoms with Crippen LogP contribution < -0.4 is 5.56 Å². The van der Waals surface area contributed by atoms with E-state index in [-0.39, 0.29) is 23.9 Å². The summed E-state index contributed by atoms with van der Waals surface area (Å²) in [7, 11) is 0. The van der Waals surface area contributed by atoms with E-state index in [9.17, 15) is 9.59 Å². The van der Waals surface area contributed by atoms with Gasteiger partial charge in [0, 0.05) is 18.1 Å². The van der Waals surface area contributed by atoms with Crippen LogP contribution in [0.3, 0.4) is 0 Å². The fraction of sp³-hybridized carbons (Fsp3) is 0.654. The van der Waals surface area contributed by atoms with Gasteiger partial charge in [-0.05, 0) is 51.2 Å². The molecule has 3 heterocycles. The fourth-order valence-corrected chi connectivity index (χ4v) is 6.57. The van der Waals surface area contributed by atoms with Crippen molar-refractivity contribution in [1.82, 2.24) is 14.5 Å². The summed E-state index contributed by atoms with van der Waals surface area (Å²) in [6.07, 6.45) is 14.0. The average molecular weight is 438 g/mol. The summed E-state index contributed by atoms with van der Waals surface area (Å²) >= 11 is 0. The van der Waals surface area contributed by atoms with Gasteiger partial charge in [-0.2, -0.15) is 0 Å². The van der Waals surface area contributed by atoms with Gasteiger partial charge in [-0.25, -0.2) is 9.78 Å². The minimum absolute atomic E-state index is 0.0812. The van der Waals surface area contributed by atoms with Crippen molar-refractivity contribution in [3.63, 3.8) is 0 Å². The van der Waals surface area contributed by atoms with Crippen LogP contribution in [0, 0.1) is 0 Å². The van der Waals surface area contributed by atoms with Crippen molar-refractivity contribution in [1.29, 1.82) is 0 Å². The lowest BCUT2D eigenvalue weighted by Crippen LogP contribution is -2.42. The molecule has 1 aromatic heterocycles. The Morgan fingerprint density at radius 1 is 0.969 bits per heavy atom. The van der Waals surface area contributed by atoms with Crippen molar-refractivity contribution < 1.29 is 9.53 Å². The number of benzene rings is 1. The summed E-state index contributed by atoms with van der Waals surface area (Å²) < 4.78 is 7.06. The van der Waals surface area contributed by atoms with E-state index < -0.39 is 5.97 Å². The first-order valence-electron chi connectivity index (χ1n) is 12.6. The molecule has 0 unspecified atom stereocenters. The standard InChI is InChI=1S/C26H35N3O3/c1-2-32-26(31)24-25(30)29(21-14-10-9-13-20(21)27-24)23-17-19-15-16-22(23)28(19)18-11-7-5-3-4-6-8-12-18/h9-10,13-14,18-19,22-23H,2-8,11-12,15-17H2,1H3/t19-,22+,23+/m0/s1. The Balaban J connectivity index is 1.52. The van der Waals surface area contributed by atoms with Gasteiger partial charge in [0.15, 0.2) is 0 Å². The van der Waals surface area contributed by atoms with Crippen LogP contribution in [0.25, 0.3) is 11.0 Å². The van der Waals surface area contributed by atoms with E-state index in [0.717, 1.165) is 18.4 Å². The van der Waals surface area contributed by atoms with Crippen LogP contribution in [-0.4, -0.2) is 45.2 Å². The molecule has 6 nitrogen and oxygen atoms in total. The molecule has 0 amide bonds. The average Bonchev–Trinajstić information content (AvgIpc) is 3.39. The lowest BCUT2D eigenvalue weighted by Gasteiger charge is -2.33. The third kappa shape index (κ3) is 3.87. The second-order valence-electron chi connectivity index (χ2n) is 9.75. The van der Waals surface area contributed by atoms with Gasteiger partial charge in [0.05, 0.1) is 23.7 Å². The third-order valence-corrected chi connectivity index (χ3v) is 7.90. The second kappa shape index (κ2) is 9.34. The van der Waals surface area contributed by atoms with Crippen molar-refractivity contribution in [2.45, 2.75) is 102 Å². The predicted molar refractivity (Wildman–Crippen MR) is 125 cm³/mol. The van der Waals surface area contributed by atoms with E-state index in [1.54, 1.807) is 6.92 Å². The second-order valence-corrected chi connectivity index (χ2v) is 9.75. The molecule has 3 fully saturated rings. The SMILES string of the molecule is CCOC(=O)c1nc2ccccc2n([C@@H]2C[C@@H]3CC[C@H]2N3C2CCCCCCCC2)c1=O. The minimum Gasteiger partial charge on any atom is -0.461 e. The molecule has 1 saturated carbocycles. The molecule has 0 spiro atoms. The Labute approximate surface area is 190 Å². The number of ether oxygens (including phenoxy) is 1. The number of para-hydroxylation sites is 2. The van der Waals surface area contributed by atoms with Gasteiger partial charge >= 0.3 is 5.97 Å². The zero-order chi connectivity index (χ0) is 22.1. The molecular weight excluding hydrogens is 402 g/mol. The number of nitrogens with zero attached hydrogens (tertiary/aromatic N) is 3. The molecular formula is C26H35N3O3. The number of hydrogen-bond donors (Lipinski definition) is 0. The lowest BCUT2D eigenvalue weighted by molar-refractivity contribution is 0.0516. The number of esters is 1. The maximum atomic E-state index is 13.6. The van der Waals surface area contributed by atoms with Crippen molar-refractivity contribution in [3.8, 4) is 0 Å². The Hall–Kier alpha value is -2.21. The van der Waals surface area contributed by atoms with Crippen LogP contribution in [-0.2, 0) is 4.74 Å². The monoisotopic (exact) mass is 437 g/mol. The molecule has 2 aromatic rings. The summed E-state index contributed by atoms with van der Waals surface area (Å²) in [5.74, 6) is -0.617. The maximum absolute atomic E-state index is 13.6. The predicted octanol–water partition coefficient (Wildman–Crippen LogP) is 4.85. The Bertz CT molecular complexity index is 1020. The van der Waals surface area contributed by atoms with E-state index in [4.69, 9.17) is 4.74 Å². The summed E-state index contributed by atoms with van der Waals surface area (Å²) in [5.41, 5.74) is 1.14. The largest absolute Gasteiger partial charge is 0.461 e. The van der Waals surface area contributed by atoms with E-state index >= 15 is 0 Å². The summed E-state index contributed by atoms with van der Waals surface area (Å²) in [6.45, 7) is 1.98. The van der Waals surface area contributed by atoms with Gasteiger partial charge in [0.2, 0.25) is 5.69 Å². The molecule has 6 heteroatoms. The summed E-state index contributed by atoms with van der Waals surface area (Å²) in [4.78, 5) is 33.3. The van der Waals surface area contributed by atoms with Gasteiger partial charge in [-0.3, -0.25) is 14.3 Å². The number of aromatic nitrogens is 2. The number of rotatable bonds is 4. The van der Waals surface area contributed by atoms with Crippen molar-refractivity contribution in [3.05, 3.63) is 40.3 Å². The minimum atomic E-state index is -0.617. The van der Waals surface area contributed by atoms with Crippen LogP contribution in [0.4, 0.5) is 0 Å². The quantitative estimate of drug-likeness (QED) is 0.640. The zero-order valence-corrected chi connectivity index (χ0v) is 19.2. The Morgan fingerprint density at radius 2 is 1.69 bits per heavy atom.